The average molecular weight is 387 g/mol. The standard InChI is InChI=1S/C19H25N5O4/c1-11-17(22-19(28-11)13-7-20-23(2)9-13)18(27)21-14-5-15(6-14)24(10-16(25)26)8-12-3-4-12/h7,9,12,14-15H,3-6,8,10H2,1-2H3,(H,21,27)(H,25,26). The third kappa shape index (κ3) is 4.09. The molecule has 2 saturated carbocycles. The largest absolute Gasteiger partial charge is 0.480 e. The lowest BCUT2D eigenvalue weighted by Crippen LogP contribution is -2.55. The Bertz CT molecular complexity index is 879. The van der Waals surface area contributed by atoms with Crippen molar-refractivity contribution in [3.63, 3.8) is 0 Å². The van der Waals surface area contributed by atoms with Crippen LogP contribution >= 0.6 is 0 Å². The highest BCUT2D eigenvalue weighted by Crippen LogP contribution is 2.34. The third-order valence-corrected chi connectivity index (χ3v) is 5.46. The monoisotopic (exact) mass is 387 g/mol. The minimum absolute atomic E-state index is 0.0333. The number of aryl methyl sites for hydroxylation is 2. The average Bonchev–Trinajstić information content (AvgIpc) is 3.16. The first-order valence-electron chi connectivity index (χ1n) is 9.62. The predicted octanol–water partition coefficient (Wildman–Crippen LogP) is 1.44. The number of carboxylic acid groups (broad SMARTS) is 1. The fourth-order valence-corrected chi connectivity index (χ4v) is 3.67. The van der Waals surface area contributed by atoms with Crippen LogP contribution in [0.2, 0.25) is 0 Å². The van der Waals surface area contributed by atoms with E-state index in [0.717, 1.165) is 24.9 Å². The maximum absolute atomic E-state index is 12.6. The molecule has 1 amide bonds. The molecule has 0 saturated heterocycles. The molecule has 2 N–H and O–H groups in total. The number of aromatic nitrogens is 3. The highest BCUT2D eigenvalue weighted by Gasteiger charge is 2.38. The van der Waals surface area contributed by atoms with Crippen molar-refractivity contribution in [3.05, 3.63) is 23.8 Å². The van der Waals surface area contributed by atoms with Gasteiger partial charge in [0.1, 0.15) is 5.76 Å². The molecule has 28 heavy (non-hydrogen) atoms. The van der Waals surface area contributed by atoms with Crippen molar-refractivity contribution in [1.29, 1.82) is 0 Å². The fraction of sp³-hybridized carbons (Fsp3) is 0.579. The number of nitrogens with zero attached hydrogens (tertiary/aromatic N) is 4. The van der Waals surface area contributed by atoms with Gasteiger partial charge < -0.3 is 14.8 Å². The van der Waals surface area contributed by atoms with E-state index in [-0.39, 0.29) is 30.2 Å². The quantitative estimate of drug-likeness (QED) is 0.704. The summed E-state index contributed by atoms with van der Waals surface area (Å²) >= 11 is 0. The summed E-state index contributed by atoms with van der Waals surface area (Å²) < 4.78 is 7.27. The molecule has 0 atom stereocenters. The number of hydrogen-bond acceptors (Lipinski definition) is 6. The number of oxazole rings is 1. The van der Waals surface area contributed by atoms with Gasteiger partial charge in [-0.25, -0.2) is 4.98 Å². The van der Waals surface area contributed by atoms with Crippen LogP contribution < -0.4 is 5.32 Å². The van der Waals surface area contributed by atoms with Crippen molar-refractivity contribution in [2.45, 2.75) is 44.7 Å². The normalized spacial score (nSPS) is 21.5. The Morgan fingerprint density at radius 3 is 2.75 bits per heavy atom. The molecule has 2 aliphatic rings. The van der Waals surface area contributed by atoms with E-state index in [1.54, 1.807) is 31.0 Å². The Hall–Kier alpha value is -2.68. The SMILES string of the molecule is Cc1oc(-c2cnn(C)c2)nc1C(=O)NC1CC(N(CC(=O)O)CC2CC2)C1. The maximum atomic E-state index is 12.6. The zero-order chi connectivity index (χ0) is 19.8. The van der Waals surface area contributed by atoms with Crippen LogP contribution in [0.15, 0.2) is 16.8 Å². The van der Waals surface area contributed by atoms with Crippen LogP contribution in [-0.4, -0.2) is 61.8 Å². The highest BCUT2D eigenvalue weighted by molar-refractivity contribution is 5.94. The van der Waals surface area contributed by atoms with Crippen molar-refractivity contribution >= 4 is 11.9 Å². The number of hydrogen-bond donors (Lipinski definition) is 2. The summed E-state index contributed by atoms with van der Waals surface area (Å²) in [7, 11) is 1.80. The topological polar surface area (TPSA) is 113 Å². The Morgan fingerprint density at radius 1 is 1.39 bits per heavy atom. The summed E-state index contributed by atoms with van der Waals surface area (Å²) in [6, 6.07) is 0.247. The fourth-order valence-electron chi connectivity index (χ4n) is 3.67. The van der Waals surface area contributed by atoms with Gasteiger partial charge in [0.15, 0.2) is 5.69 Å². The van der Waals surface area contributed by atoms with E-state index < -0.39 is 5.97 Å². The molecule has 2 aromatic rings. The van der Waals surface area contributed by atoms with Crippen LogP contribution in [0, 0.1) is 12.8 Å². The molecule has 0 radical (unpaired) electrons. The number of carbonyl (C=O) groups is 2. The number of nitrogens with one attached hydrogen (secondary N) is 1. The molecule has 0 unspecified atom stereocenters. The zero-order valence-electron chi connectivity index (χ0n) is 16.1. The van der Waals surface area contributed by atoms with Gasteiger partial charge in [-0.15, -0.1) is 0 Å². The Balaban J connectivity index is 1.33. The van der Waals surface area contributed by atoms with Gasteiger partial charge in [-0.05, 0) is 38.5 Å². The van der Waals surface area contributed by atoms with Crippen LogP contribution in [0.25, 0.3) is 11.5 Å². The summed E-state index contributed by atoms with van der Waals surface area (Å²) in [5.41, 5.74) is 1.00. The van der Waals surface area contributed by atoms with Crippen molar-refractivity contribution < 1.29 is 19.1 Å². The zero-order valence-corrected chi connectivity index (χ0v) is 16.1. The molecule has 2 aliphatic carbocycles. The number of carboxylic acids is 1. The van der Waals surface area contributed by atoms with Crippen LogP contribution in [0.1, 0.15) is 41.9 Å². The summed E-state index contributed by atoms with van der Waals surface area (Å²) in [6.07, 6.45) is 7.32. The summed E-state index contributed by atoms with van der Waals surface area (Å²) in [5, 5.41) is 16.2. The number of amides is 1. The highest BCUT2D eigenvalue weighted by atomic mass is 16.4. The first-order chi connectivity index (χ1) is 13.4. The summed E-state index contributed by atoms with van der Waals surface area (Å²) in [6.45, 7) is 2.63. The lowest BCUT2D eigenvalue weighted by atomic mass is 9.85. The molecule has 0 spiro atoms. The van der Waals surface area contributed by atoms with E-state index in [1.165, 1.54) is 12.8 Å². The summed E-state index contributed by atoms with van der Waals surface area (Å²) in [4.78, 5) is 30.1. The van der Waals surface area contributed by atoms with Gasteiger partial charge in [-0.2, -0.15) is 5.10 Å². The minimum Gasteiger partial charge on any atom is -0.480 e. The van der Waals surface area contributed by atoms with Crippen molar-refractivity contribution in [2.75, 3.05) is 13.1 Å². The molecule has 0 aromatic carbocycles. The van der Waals surface area contributed by atoms with Crippen LogP contribution in [0.5, 0.6) is 0 Å². The molecule has 9 nitrogen and oxygen atoms in total. The van der Waals surface area contributed by atoms with Gasteiger partial charge in [-0.1, -0.05) is 0 Å². The van der Waals surface area contributed by atoms with Gasteiger partial charge >= 0.3 is 5.97 Å². The van der Waals surface area contributed by atoms with Gasteiger partial charge in [0.25, 0.3) is 5.91 Å². The molecule has 9 heteroatoms. The van der Waals surface area contributed by atoms with Gasteiger partial charge in [0, 0.05) is 31.9 Å². The van der Waals surface area contributed by atoms with E-state index in [4.69, 9.17) is 9.52 Å². The second kappa shape index (κ2) is 7.38. The maximum Gasteiger partial charge on any atom is 0.317 e. The molecule has 0 aliphatic heterocycles. The van der Waals surface area contributed by atoms with E-state index in [2.05, 4.69) is 15.4 Å². The summed E-state index contributed by atoms with van der Waals surface area (Å²) in [5.74, 6) is 0.422. The van der Waals surface area contributed by atoms with Gasteiger partial charge in [0.2, 0.25) is 5.89 Å². The smallest absolute Gasteiger partial charge is 0.317 e. The van der Waals surface area contributed by atoms with Gasteiger partial charge in [0.05, 0.1) is 18.3 Å². The van der Waals surface area contributed by atoms with Crippen molar-refractivity contribution in [3.8, 4) is 11.5 Å². The lowest BCUT2D eigenvalue weighted by Gasteiger charge is -2.42. The van der Waals surface area contributed by atoms with E-state index in [0.29, 0.717) is 17.6 Å². The Morgan fingerprint density at radius 2 is 2.14 bits per heavy atom. The molecular weight excluding hydrogens is 362 g/mol. The van der Waals surface area contributed by atoms with Crippen molar-refractivity contribution in [2.24, 2.45) is 13.0 Å². The van der Waals surface area contributed by atoms with Crippen LogP contribution in [0.3, 0.4) is 0 Å². The van der Waals surface area contributed by atoms with Crippen LogP contribution in [0.4, 0.5) is 0 Å². The van der Waals surface area contributed by atoms with Crippen LogP contribution in [-0.2, 0) is 11.8 Å². The van der Waals surface area contributed by atoms with E-state index >= 15 is 0 Å². The number of carbonyl (C=O) groups excluding carboxylic acids is 1. The molecule has 2 heterocycles. The number of rotatable bonds is 8. The van der Waals surface area contributed by atoms with Crippen molar-refractivity contribution in [1.82, 2.24) is 25.0 Å². The molecular formula is C19H25N5O4. The minimum atomic E-state index is -0.797. The third-order valence-electron chi connectivity index (χ3n) is 5.46. The van der Waals surface area contributed by atoms with Gasteiger partial charge in [-0.3, -0.25) is 19.2 Å². The first-order valence-corrected chi connectivity index (χ1v) is 9.62. The Labute approximate surface area is 162 Å². The molecule has 4 rings (SSSR count). The van der Waals surface area contributed by atoms with E-state index in [1.807, 2.05) is 4.90 Å². The first kappa shape index (κ1) is 18.7. The lowest BCUT2D eigenvalue weighted by molar-refractivity contribution is -0.139. The molecule has 2 aromatic heterocycles. The molecule has 2 fully saturated rings. The van der Waals surface area contributed by atoms with E-state index in [9.17, 15) is 9.59 Å². The second-order valence-corrected chi connectivity index (χ2v) is 7.89. The predicted molar refractivity (Wildman–Crippen MR) is 99.7 cm³/mol. The Kier molecular flexibility index (Phi) is 4.92. The molecule has 0 bridgehead atoms. The molecule has 150 valence electrons. The number of aliphatic carboxylic acids is 1. The second-order valence-electron chi connectivity index (χ2n) is 7.89.